The van der Waals surface area contributed by atoms with Crippen molar-refractivity contribution in [3.05, 3.63) is 72.4 Å². The molecule has 0 bridgehead atoms. The van der Waals surface area contributed by atoms with Crippen molar-refractivity contribution in [3.63, 3.8) is 0 Å². The summed E-state index contributed by atoms with van der Waals surface area (Å²) in [6.45, 7) is 0. The molecule has 0 spiro atoms. The molecule has 0 saturated carbocycles. The van der Waals surface area contributed by atoms with E-state index < -0.39 is 15.9 Å². The summed E-state index contributed by atoms with van der Waals surface area (Å²) in [6.07, 6.45) is 1.61. The molecule has 0 saturated heterocycles. The summed E-state index contributed by atoms with van der Waals surface area (Å²) in [5, 5.41) is 2.72. The number of methoxy groups -OCH3 is 2. The van der Waals surface area contributed by atoms with E-state index in [4.69, 9.17) is 9.47 Å². The number of benzene rings is 2. The predicted octanol–water partition coefficient (Wildman–Crippen LogP) is 2.57. The van der Waals surface area contributed by atoms with Crippen molar-refractivity contribution in [2.75, 3.05) is 24.3 Å². The van der Waals surface area contributed by atoms with Gasteiger partial charge in [-0.2, -0.15) is 13.1 Å². The van der Waals surface area contributed by atoms with Gasteiger partial charge in [0.15, 0.2) is 0 Å². The normalized spacial score (nSPS) is 10.8. The largest absolute Gasteiger partial charge is 0.496 e. The van der Waals surface area contributed by atoms with Gasteiger partial charge in [-0.05, 0) is 42.5 Å². The lowest BCUT2D eigenvalue weighted by atomic mass is 10.1. The summed E-state index contributed by atoms with van der Waals surface area (Å²) in [5.74, 6) is 0.633. The molecule has 0 aliphatic carbocycles. The molecule has 1 heterocycles. The molecule has 3 rings (SSSR count). The number of aromatic amines is 1. The highest BCUT2D eigenvalue weighted by molar-refractivity contribution is 7.92. The van der Waals surface area contributed by atoms with Crippen LogP contribution in [0.25, 0.3) is 0 Å². The fourth-order valence-electron chi connectivity index (χ4n) is 2.65. The molecule has 0 unspecified atom stereocenters. The van der Waals surface area contributed by atoms with Gasteiger partial charge in [0.2, 0.25) is 0 Å². The molecule has 0 aliphatic heterocycles. The maximum absolute atomic E-state index is 12.7. The number of nitrogens with one attached hydrogen (secondary N) is 3. The van der Waals surface area contributed by atoms with Crippen LogP contribution in [0.5, 0.6) is 11.5 Å². The van der Waals surface area contributed by atoms with Gasteiger partial charge in [-0.25, -0.2) is 4.98 Å². The predicted molar refractivity (Wildman–Crippen MR) is 108 cm³/mol. The number of hydrogen-bond donors (Lipinski definition) is 2. The summed E-state index contributed by atoms with van der Waals surface area (Å²) in [5.41, 5.74) is 0.670. The number of rotatable bonds is 7. The molecule has 150 valence electrons. The quantitative estimate of drug-likeness (QED) is 0.618. The standard InChI is InChI=1S/C20H19N3O5S/c1-27-16-6-5-7-17(28-2)19(16)20(24)22-14-9-11-15(12-10-14)29(25,26)23-18-8-3-4-13-21-18/h3-13H,1-2H3,(H,21,23)(H,22,24)/p+1. The van der Waals surface area contributed by atoms with Crippen molar-refractivity contribution < 1.29 is 27.7 Å². The Morgan fingerprint density at radius 2 is 1.55 bits per heavy atom. The van der Waals surface area contributed by atoms with Crippen molar-refractivity contribution in [3.8, 4) is 11.5 Å². The molecule has 9 heteroatoms. The molecular weight excluding hydrogens is 394 g/mol. The van der Waals surface area contributed by atoms with Crippen LogP contribution in [0.4, 0.5) is 11.5 Å². The zero-order chi connectivity index (χ0) is 20.9. The summed E-state index contributed by atoms with van der Waals surface area (Å²) in [4.78, 5) is 15.5. The molecule has 0 radical (unpaired) electrons. The maximum Gasteiger partial charge on any atom is 0.328 e. The number of aromatic nitrogens is 1. The van der Waals surface area contributed by atoms with Crippen molar-refractivity contribution in [2.45, 2.75) is 4.90 Å². The Morgan fingerprint density at radius 1 is 0.897 bits per heavy atom. The Morgan fingerprint density at radius 3 is 2.10 bits per heavy atom. The van der Waals surface area contributed by atoms with Crippen LogP contribution < -0.4 is 24.5 Å². The minimum absolute atomic E-state index is 0.0580. The minimum atomic E-state index is -3.77. The lowest BCUT2D eigenvalue weighted by Crippen LogP contribution is -2.19. The number of carbonyl (C=O) groups excluding carboxylic acids is 1. The first-order chi connectivity index (χ1) is 13.9. The van der Waals surface area contributed by atoms with E-state index in [9.17, 15) is 13.2 Å². The number of carbonyl (C=O) groups is 1. The summed E-state index contributed by atoms with van der Waals surface area (Å²) in [6, 6.07) is 15.9. The number of amides is 1. The smallest absolute Gasteiger partial charge is 0.328 e. The monoisotopic (exact) mass is 414 g/mol. The van der Waals surface area contributed by atoms with Gasteiger partial charge in [-0.3, -0.25) is 4.79 Å². The van der Waals surface area contributed by atoms with Crippen molar-refractivity contribution >= 4 is 27.4 Å². The fourth-order valence-corrected chi connectivity index (χ4v) is 3.68. The van der Waals surface area contributed by atoms with Gasteiger partial charge in [0, 0.05) is 11.8 Å². The van der Waals surface area contributed by atoms with Crippen LogP contribution in [0.2, 0.25) is 0 Å². The highest BCUT2D eigenvalue weighted by Crippen LogP contribution is 2.29. The van der Waals surface area contributed by atoms with Crippen molar-refractivity contribution in [2.24, 2.45) is 0 Å². The first kappa shape index (κ1) is 20.2. The molecule has 0 aliphatic rings. The Kier molecular flexibility index (Phi) is 5.99. The number of anilines is 2. The van der Waals surface area contributed by atoms with Crippen LogP contribution in [0.15, 0.2) is 71.8 Å². The molecule has 8 nitrogen and oxygen atoms in total. The Hall–Kier alpha value is -3.59. The lowest BCUT2D eigenvalue weighted by Gasteiger charge is -2.13. The third kappa shape index (κ3) is 4.64. The fraction of sp³-hybridized carbons (Fsp3) is 0.100. The van der Waals surface area contributed by atoms with E-state index in [0.29, 0.717) is 23.0 Å². The van der Waals surface area contributed by atoms with Crippen molar-refractivity contribution in [1.82, 2.24) is 0 Å². The van der Waals surface area contributed by atoms with E-state index in [1.54, 1.807) is 42.6 Å². The number of ether oxygens (including phenoxy) is 2. The van der Waals surface area contributed by atoms with Gasteiger partial charge < -0.3 is 14.8 Å². The lowest BCUT2D eigenvalue weighted by molar-refractivity contribution is -0.360. The van der Waals surface area contributed by atoms with Gasteiger partial charge in [-0.1, -0.05) is 12.1 Å². The molecule has 0 atom stereocenters. The van der Waals surface area contributed by atoms with E-state index in [0.717, 1.165) is 0 Å². The Balaban J connectivity index is 1.78. The molecule has 2 aromatic carbocycles. The zero-order valence-corrected chi connectivity index (χ0v) is 16.6. The van der Waals surface area contributed by atoms with Gasteiger partial charge in [0.25, 0.3) is 11.7 Å². The third-order valence-corrected chi connectivity index (χ3v) is 5.41. The summed E-state index contributed by atoms with van der Waals surface area (Å²) < 4.78 is 37.9. The molecule has 3 N–H and O–H groups in total. The van der Waals surface area contributed by atoms with E-state index in [2.05, 4.69) is 15.0 Å². The van der Waals surface area contributed by atoms with Gasteiger partial charge in [-0.15, -0.1) is 0 Å². The molecule has 0 fully saturated rings. The van der Waals surface area contributed by atoms with Gasteiger partial charge in [0.05, 0.1) is 20.4 Å². The van der Waals surface area contributed by atoms with E-state index in [1.165, 1.54) is 38.5 Å². The van der Waals surface area contributed by atoms with Crippen molar-refractivity contribution in [1.29, 1.82) is 0 Å². The number of hydrogen-bond acceptors (Lipinski definition) is 5. The SMILES string of the molecule is COc1cccc(OC)c1C(=O)Nc1ccc(S(=O)(=O)Nc2cccc[nH+]2)cc1. The Labute approximate surface area is 168 Å². The highest BCUT2D eigenvalue weighted by Gasteiger charge is 2.21. The highest BCUT2D eigenvalue weighted by atomic mass is 32.2. The summed E-state index contributed by atoms with van der Waals surface area (Å²) in [7, 11) is -0.845. The van der Waals surface area contributed by atoms with Crippen LogP contribution in [0, 0.1) is 0 Å². The Bertz CT molecular complexity index is 1080. The number of H-pyrrole nitrogens is 1. The van der Waals surface area contributed by atoms with Crippen LogP contribution >= 0.6 is 0 Å². The molecule has 29 heavy (non-hydrogen) atoms. The van der Waals surface area contributed by atoms with Gasteiger partial charge in [0.1, 0.15) is 22.0 Å². The van der Waals surface area contributed by atoms with Gasteiger partial charge >= 0.3 is 10.0 Å². The number of pyridine rings is 1. The first-order valence-corrected chi connectivity index (χ1v) is 10.0. The van der Waals surface area contributed by atoms with Crippen LogP contribution in [-0.4, -0.2) is 28.5 Å². The second kappa shape index (κ2) is 8.61. The molecule has 1 amide bonds. The van der Waals surface area contributed by atoms with Crippen LogP contribution in [0.1, 0.15) is 10.4 Å². The van der Waals surface area contributed by atoms with E-state index in [1.807, 2.05) is 0 Å². The van der Waals surface area contributed by atoms with Crippen LogP contribution in [0.3, 0.4) is 0 Å². The maximum atomic E-state index is 12.7. The molecule has 1 aromatic heterocycles. The van der Waals surface area contributed by atoms with Crippen LogP contribution in [-0.2, 0) is 10.0 Å². The average molecular weight is 414 g/mol. The molecular formula is C20H20N3O5S+. The zero-order valence-electron chi connectivity index (χ0n) is 15.8. The van der Waals surface area contributed by atoms with E-state index in [-0.39, 0.29) is 10.5 Å². The van der Waals surface area contributed by atoms with E-state index >= 15 is 0 Å². The minimum Gasteiger partial charge on any atom is -0.496 e. The summed E-state index contributed by atoms with van der Waals surface area (Å²) >= 11 is 0. The first-order valence-electron chi connectivity index (χ1n) is 8.56. The average Bonchev–Trinajstić information content (AvgIpc) is 2.73. The molecule has 3 aromatic rings. The third-order valence-electron chi connectivity index (χ3n) is 4.03. The second-order valence-electron chi connectivity index (χ2n) is 5.90. The topological polar surface area (TPSA) is 108 Å². The number of sulfonamides is 1. The second-order valence-corrected chi connectivity index (χ2v) is 7.58.